The van der Waals surface area contributed by atoms with Crippen molar-refractivity contribution in [3.8, 4) is 5.75 Å². The molecule has 2 aromatic rings. The Morgan fingerprint density at radius 1 is 1.15 bits per heavy atom. The summed E-state index contributed by atoms with van der Waals surface area (Å²) in [6, 6.07) is 13.3. The fourth-order valence-electron chi connectivity index (χ4n) is 3.31. The number of ether oxygens (including phenoxy) is 1. The summed E-state index contributed by atoms with van der Waals surface area (Å²) in [6.07, 6.45) is 2.82. The number of carbonyl (C=O) groups excluding carboxylic acids is 2. The van der Waals surface area contributed by atoms with Crippen LogP contribution in [0.1, 0.15) is 32.3 Å². The summed E-state index contributed by atoms with van der Waals surface area (Å²) >= 11 is 2.13. The topological polar surface area (TPSA) is 96.0 Å². The van der Waals surface area contributed by atoms with Crippen LogP contribution in [-0.4, -0.2) is 57.6 Å². The Bertz CT molecular complexity index is 1080. The summed E-state index contributed by atoms with van der Waals surface area (Å²) in [4.78, 5) is 27.7. The van der Waals surface area contributed by atoms with Gasteiger partial charge in [0.1, 0.15) is 18.3 Å². The van der Waals surface area contributed by atoms with Crippen molar-refractivity contribution in [2.24, 2.45) is 0 Å². The van der Waals surface area contributed by atoms with Crippen molar-refractivity contribution in [1.29, 1.82) is 0 Å². The van der Waals surface area contributed by atoms with Gasteiger partial charge in [-0.2, -0.15) is 0 Å². The summed E-state index contributed by atoms with van der Waals surface area (Å²) in [6.45, 7) is 3.89. The van der Waals surface area contributed by atoms with Crippen LogP contribution in [-0.2, 0) is 26.2 Å². The molecule has 0 fully saturated rings. The number of nitrogens with one attached hydrogen (secondary N) is 1. The first-order valence-corrected chi connectivity index (χ1v) is 13.9. The zero-order valence-corrected chi connectivity index (χ0v) is 22.9. The number of hydrogen-bond acceptors (Lipinski definition) is 5. The standard InChI is InChI=1S/C24H32IN3O5S/c1-5-6-14-26-24(30)18(2)27(16-19-8-7-9-22(15-19)33-3)23(29)17-28(34(4,31)32)21-12-10-20(25)11-13-21/h7-13,15,18H,5-6,14,16-17H2,1-4H3,(H,26,30)/t18-/m1/s1. The highest BCUT2D eigenvalue weighted by atomic mass is 127. The van der Waals surface area contributed by atoms with Crippen molar-refractivity contribution in [3.05, 3.63) is 57.7 Å². The molecule has 0 heterocycles. The zero-order chi connectivity index (χ0) is 25.3. The van der Waals surface area contributed by atoms with E-state index in [0.717, 1.165) is 32.5 Å². The second kappa shape index (κ2) is 12.9. The van der Waals surface area contributed by atoms with Crippen LogP contribution < -0.4 is 14.4 Å². The van der Waals surface area contributed by atoms with Crippen LogP contribution in [0, 0.1) is 3.57 Å². The molecule has 0 unspecified atom stereocenters. The number of nitrogens with zero attached hydrogens (tertiary/aromatic N) is 2. The van der Waals surface area contributed by atoms with E-state index in [2.05, 4.69) is 27.9 Å². The lowest BCUT2D eigenvalue weighted by molar-refractivity contribution is -0.139. The monoisotopic (exact) mass is 601 g/mol. The smallest absolute Gasteiger partial charge is 0.244 e. The molecular weight excluding hydrogens is 569 g/mol. The number of rotatable bonds is 12. The highest BCUT2D eigenvalue weighted by molar-refractivity contribution is 14.1. The fraction of sp³-hybridized carbons (Fsp3) is 0.417. The van der Waals surface area contributed by atoms with E-state index in [1.165, 1.54) is 4.90 Å². The van der Waals surface area contributed by atoms with Crippen molar-refractivity contribution >= 4 is 50.1 Å². The van der Waals surface area contributed by atoms with Crippen molar-refractivity contribution in [3.63, 3.8) is 0 Å². The Morgan fingerprint density at radius 2 is 1.82 bits per heavy atom. The molecule has 2 rings (SSSR count). The minimum Gasteiger partial charge on any atom is -0.497 e. The molecule has 0 saturated carbocycles. The maximum absolute atomic E-state index is 13.5. The SMILES string of the molecule is CCCCNC(=O)[C@@H](C)N(Cc1cccc(OC)c1)C(=O)CN(c1ccc(I)cc1)S(C)(=O)=O. The van der Waals surface area contributed by atoms with Gasteiger partial charge >= 0.3 is 0 Å². The molecule has 0 aliphatic rings. The van der Waals surface area contributed by atoms with E-state index in [0.29, 0.717) is 18.0 Å². The second-order valence-electron chi connectivity index (χ2n) is 7.94. The Balaban J connectivity index is 2.35. The predicted octanol–water partition coefficient (Wildman–Crippen LogP) is 3.40. The van der Waals surface area contributed by atoms with Gasteiger partial charge in [0.25, 0.3) is 0 Å². The Hall–Kier alpha value is -2.34. The molecule has 0 aliphatic heterocycles. The maximum Gasteiger partial charge on any atom is 0.244 e. The van der Waals surface area contributed by atoms with Crippen molar-refractivity contribution in [1.82, 2.24) is 10.2 Å². The van der Waals surface area contributed by atoms with Gasteiger partial charge in [-0.25, -0.2) is 8.42 Å². The fourth-order valence-corrected chi connectivity index (χ4v) is 4.52. The van der Waals surface area contributed by atoms with Crippen LogP contribution in [0.2, 0.25) is 0 Å². The molecule has 186 valence electrons. The summed E-state index contributed by atoms with van der Waals surface area (Å²) in [5.41, 5.74) is 1.15. The number of anilines is 1. The molecule has 2 amide bonds. The summed E-state index contributed by atoms with van der Waals surface area (Å²) in [5.74, 6) is -0.142. The van der Waals surface area contributed by atoms with Gasteiger partial charge in [0.05, 0.1) is 19.1 Å². The van der Waals surface area contributed by atoms with Crippen LogP contribution in [0.25, 0.3) is 0 Å². The predicted molar refractivity (Wildman–Crippen MR) is 142 cm³/mol. The van der Waals surface area contributed by atoms with Crippen molar-refractivity contribution < 1.29 is 22.7 Å². The molecular formula is C24H32IN3O5S. The Morgan fingerprint density at radius 3 is 2.41 bits per heavy atom. The second-order valence-corrected chi connectivity index (χ2v) is 11.1. The number of halogens is 1. The van der Waals surface area contributed by atoms with E-state index in [9.17, 15) is 18.0 Å². The first-order valence-electron chi connectivity index (χ1n) is 11.0. The van der Waals surface area contributed by atoms with Crippen LogP contribution in [0.15, 0.2) is 48.5 Å². The van der Waals surface area contributed by atoms with Gasteiger partial charge in [-0.15, -0.1) is 0 Å². The third-order valence-electron chi connectivity index (χ3n) is 5.28. The number of unbranched alkanes of at least 4 members (excludes halogenated alkanes) is 1. The molecule has 1 atom stereocenters. The lowest BCUT2D eigenvalue weighted by atomic mass is 10.1. The van der Waals surface area contributed by atoms with E-state index in [1.807, 2.05) is 13.0 Å². The summed E-state index contributed by atoms with van der Waals surface area (Å²) in [5, 5.41) is 2.86. The van der Waals surface area contributed by atoms with E-state index < -0.39 is 28.5 Å². The van der Waals surface area contributed by atoms with E-state index in [4.69, 9.17) is 4.74 Å². The van der Waals surface area contributed by atoms with Crippen LogP contribution in [0.5, 0.6) is 5.75 Å². The Labute approximate surface area is 215 Å². The number of hydrogen-bond donors (Lipinski definition) is 1. The maximum atomic E-state index is 13.5. The van der Waals surface area contributed by atoms with Gasteiger partial charge in [-0.1, -0.05) is 25.5 Å². The average Bonchev–Trinajstić information content (AvgIpc) is 2.80. The minimum absolute atomic E-state index is 0.128. The molecule has 8 nitrogen and oxygen atoms in total. The van der Waals surface area contributed by atoms with E-state index in [-0.39, 0.29) is 12.5 Å². The molecule has 0 spiro atoms. The molecule has 0 aliphatic carbocycles. The lowest BCUT2D eigenvalue weighted by Gasteiger charge is -2.31. The van der Waals surface area contributed by atoms with E-state index >= 15 is 0 Å². The number of benzene rings is 2. The largest absolute Gasteiger partial charge is 0.497 e. The number of carbonyl (C=O) groups is 2. The molecule has 0 saturated heterocycles. The third-order valence-corrected chi connectivity index (χ3v) is 7.14. The first kappa shape index (κ1) is 27.9. The van der Waals surface area contributed by atoms with Crippen LogP contribution >= 0.6 is 22.6 Å². The molecule has 2 aromatic carbocycles. The molecule has 34 heavy (non-hydrogen) atoms. The van der Waals surface area contributed by atoms with Gasteiger partial charge < -0.3 is 15.0 Å². The summed E-state index contributed by atoms with van der Waals surface area (Å²) in [7, 11) is -2.19. The zero-order valence-electron chi connectivity index (χ0n) is 20.0. The first-order chi connectivity index (χ1) is 16.1. The van der Waals surface area contributed by atoms with Crippen molar-refractivity contribution in [2.45, 2.75) is 39.3 Å². The lowest BCUT2D eigenvalue weighted by Crippen LogP contribution is -2.51. The van der Waals surface area contributed by atoms with Crippen LogP contribution in [0.4, 0.5) is 5.69 Å². The van der Waals surface area contributed by atoms with E-state index in [1.54, 1.807) is 56.5 Å². The van der Waals surface area contributed by atoms with Crippen molar-refractivity contribution in [2.75, 3.05) is 30.8 Å². The van der Waals surface area contributed by atoms with Gasteiger partial charge in [0, 0.05) is 16.7 Å². The summed E-state index contributed by atoms with van der Waals surface area (Å²) < 4.78 is 32.4. The number of amides is 2. The molecule has 10 heteroatoms. The van der Waals surface area contributed by atoms with Crippen LogP contribution in [0.3, 0.4) is 0 Å². The minimum atomic E-state index is -3.74. The molecule has 1 N–H and O–H groups in total. The average molecular weight is 602 g/mol. The van der Waals surface area contributed by atoms with Gasteiger partial charge in [0.2, 0.25) is 21.8 Å². The molecule has 0 radical (unpaired) electrons. The third kappa shape index (κ3) is 8.15. The van der Waals surface area contributed by atoms with Gasteiger partial charge in [-0.3, -0.25) is 13.9 Å². The molecule has 0 aromatic heterocycles. The highest BCUT2D eigenvalue weighted by Crippen LogP contribution is 2.21. The van der Waals surface area contributed by atoms with Gasteiger partial charge in [-0.05, 0) is 77.9 Å². The molecule has 0 bridgehead atoms. The normalized spacial score (nSPS) is 12.0. The highest BCUT2D eigenvalue weighted by Gasteiger charge is 2.30. The van der Waals surface area contributed by atoms with Gasteiger partial charge in [0.15, 0.2) is 0 Å². The number of methoxy groups -OCH3 is 1. The quantitative estimate of drug-likeness (QED) is 0.297. The Kier molecular flexibility index (Phi) is 10.6. The number of sulfonamides is 1.